The minimum Gasteiger partial charge on any atom is -0.319 e. The van der Waals surface area contributed by atoms with Crippen molar-refractivity contribution in [2.24, 2.45) is 0 Å². The Labute approximate surface area is 184 Å². The van der Waals surface area contributed by atoms with Gasteiger partial charge in [-0.1, -0.05) is 49.0 Å². The Hall–Kier alpha value is -2.64. The molecule has 0 radical (unpaired) electrons. The van der Waals surface area contributed by atoms with Crippen LogP contribution in [0.4, 0.5) is 10.8 Å². The van der Waals surface area contributed by atoms with E-state index in [0.717, 1.165) is 46.1 Å². The molecule has 30 heavy (non-hydrogen) atoms. The Morgan fingerprint density at radius 1 is 1.10 bits per heavy atom. The van der Waals surface area contributed by atoms with Gasteiger partial charge in [0.05, 0.1) is 22.4 Å². The number of nitrogens with zero attached hydrogens (tertiary/aromatic N) is 4. The average Bonchev–Trinajstić information content (AvgIpc) is 3.36. The zero-order valence-corrected chi connectivity index (χ0v) is 19.0. The Kier molecular flexibility index (Phi) is 6.20. The standard InChI is InChI=1S/C23H24N4OS2/c1-4-17-10-6-8-12-20(17)27(16(3)28)23-24-18(15-30-23)14-29-22-25-19-11-7-9-13-21(19)26(22)5-2/h6-13,15H,4-5,14H2,1-3H3. The van der Waals surface area contributed by atoms with Crippen LogP contribution in [0, 0.1) is 0 Å². The van der Waals surface area contributed by atoms with E-state index in [2.05, 4.69) is 30.5 Å². The van der Waals surface area contributed by atoms with E-state index in [0.29, 0.717) is 10.9 Å². The highest BCUT2D eigenvalue weighted by Crippen LogP contribution is 2.33. The highest BCUT2D eigenvalue weighted by molar-refractivity contribution is 7.98. The van der Waals surface area contributed by atoms with E-state index >= 15 is 0 Å². The maximum absolute atomic E-state index is 12.5. The van der Waals surface area contributed by atoms with Crippen molar-refractivity contribution in [2.45, 2.75) is 44.6 Å². The number of fused-ring (bicyclic) bond motifs is 1. The molecule has 0 saturated heterocycles. The molecule has 0 aliphatic heterocycles. The van der Waals surface area contributed by atoms with Crippen molar-refractivity contribution >= 4 is 50.9 Å². The van der Waals surface area contributed by atoms with Gasteiger partial charge in [0.1, 0.15) is 0 Å². The monoisotopic (exact) mass is 436 g/mol. The lowest BCUT2D eigenvalue weighted by molar-refractivity contribution is -0.115. The third kappa shape index (κ3) is 4.00. The molecule has 2 aromatic heterocycles. The molecule has 0 saturated carbocycles. The van der Waals surface area contributed by atoms with Crippen LogP contribution >= 0.6 is 23.1 Å². The predicted octanol–water partition coefficient (Wildman–Crippen LogP) is 6.05. The third-order valence-electron chi connectivity index (χ3n) is 4.94. The third-order valence-corrected chi connectivity index (χ3v) is 6.83. The SMILES string of the molecule is CCc1ccccc1N(C(C)=O)c1nc(CSc2nc3ccccc3n2CC)cs1. The van der Waals surface area contributed by atoms with E-state index in [1.54, 1.807) is 23.6 Å². The van der Waals surface area contributed by atoms with Gasteiger partial charge in [0, 0.05) is 24.6 Å². The minimum absolute atomic E-state index is 0.0303. The summed E-state index contributed by atoms with van der Waals surface area (Å²) in [5.41, 5.74) is 5.17. The van der Waals surface area contributed by atoms with Crippen LogP contribution in [-0.4, -0.2) is 20.4 Å². The van der Waals surface area contributed by atoms with Crippen LogP contribution in [-0.2, 0) is 23.5 Å². The van der Waals surface area contributed by atoms with Gasteiger partial charge in [-0.2, -0.15) is 0 Å². The number of thiazole rings is 1. The van der Waals surface area contributed by atoms with Crippen molar-refractivity contribution in [3.8, 4) is 0 Å². The molecule has 0 atom stereocenters. The first kappa shape index (κ1) is 20.6. The molecular formula is C23H24N4OS2. The number of aromatic nitrogens is 3. The second-order valence-electron chi connectivity index (χ2n) is 6.87. The van der Waals surface area contributed by atoms with E-state index in [-0.39, 0.29) is 5.91 Å². The van der Waals surface area contributed by atoms with Gasteiger partial charge in [0.15, 0.2) is 10.3 Å². The lowest BCUT2D eigenvalue weighted by Crippen LogP contribution is -2.23. The number of hydrogen-bond donors (Lipinski definition) is 0. The maximum Gasteiger partial charge on any atom is 0.230 e. The minimum atomic E-state index is -0.0303. The summed E-state index contributed by atoms with van der Waals surface area (Å²) >= 11 is 3.18. The Balaban J connectivity index is 1.57. The molecule has 0 aliphatic carbocycles. The highest BCUT2D eigenvalue weighted by atomic mass is 32.2. The van der Waals surface area contributed by atoms with Gasteiger partial charge < -0.3 is 4.57 Å². The molecule has 0 spiro atoms. The van der Waals surface area contributed by atoms with E-state index in [4.69, 9.17) is 9.97 Å². The number of carbonyl (C=O) groups is 1. The first-order valence-corrected chi connectivity index (χ1v) is 11.9. The van der Waals surface area contributed by atoms with E-state index in [1.165, 1.54) is 11.3 Å². The van der Waals surface area contributed by atoms with E-state index in [9.17, 15) is 4.79 Å². The van der Waals surface area contributed by atoms with Crippen LogP contribution in [0.25, 0.3) is 11.0 Å². The summed E-state index contributed by atoms with van der Waals surface area (Å²) in [5, 5.41) is 3.74. The van der Waals surface area contributed by atoms with Crippen LogP contribution in [0.3, 0.4) is 0 Å². The molecule has 7 heteroatoms. The zero-order chi connectivity index (χ0) is 21.1. The second kappa shape index (κ2) is 9.02. The number of thioether (sulfide) groups is 1. The first-order valence-electron chi connectivity index (χ1n) is 10.0. The van der Waals surface area contributed by atoms with Crippen LogP contribution in [0.2, 0.25) is 0 Å². The maximum atomic E-state index is 12.5. The summed E-state index contributed by atoms with van der Waals surface area (Å²) in [6.07, 6.45) is 0.862. The van der Waals surface area contributed by atoms with E-state index in [1.807, 2.05) is 41.8 Å². The number of benzene rings is 2. The molecule has 0 fully saturated rings. The van der Waals surface area contributed by atoms with Crippen LogP contribution < -0.4 is 4.90 Å². The molecule has 2 aromatic carbocycles. The molecular weight excluding hydrogens is 412 g/mol. The van der Waals surface area contributed by atoms with Crippen molar-refractivity contribution < 1.29 is 4.79 Å². The number of anilines is 2. The van der Waals surface area contributed by atoms with Crippen LogP contribution in [0.1, 0.15) is 32.0 Å². The average molecular weight is 437 g/mol. The van der Waals surface area contributed by atoms with Crippen molar-refractivity contribution in [1.29, 1.82) is 0 Å². The summed E-state index contributed by atoms with van der Waals surface area (Å²) in [4.78, 5) is 23.7. The van der Waals surface area contributed by atoms with Gasteiger partial charge in [-0.05, 0) is 37.1 Å². The van der Waals surface area contributed by atoms with Gasteiger partial charge >= 0.3 is 0 Å². The molecule has 4 aromatic rings. The largest absolute Gasteiger partial charge is 0.319 e. The molecule has 2 heterocycles. The van der Waals surface area contributed by atoms with Crippen LogP contribution in [0.15, 0.2) is 59.1 Å². The molecule has 0 N–H and O–H groups in total. The van der Waals surface area contributed by atoms with E-state index < -0.39 is 0 Å². The predicted molar refractivity (Wildman–Crippen MR) is 126 cm³/mol. The second-order valence-corrected chi connectivity index (χ2v) is 8.65. The van der Waals surface area contributed by atoms with Crippen LogP contribution in [0.5, 0.6) is 0 Å². The summed E-state index contributed by atoms with van der Waals surface area (Å²) in [5.74, 6) is 0.679. The Morgan fingerprint density at radius 3 is 2.63 bits per heavy atom. The quantitative estimate of drug-likeness (QED) is 0.331. The number of imidazole rings is 1. The summed E-state index contributed by atoms with van der Waals surface area (Å²) in [6.45, 7) is 6.69. The number of amides is 1. The molecule has 0 bridgehead atoms. The lowest BCUT2D eigenvalue weighted by Gasteiger charge is -2.20. The lowest BCUT2D eigenvalue weighted by atomic mass is 10.1. The number of rotatable bonds is 7. The number of aryl methyl sites for hydroxylation is 2. The van der Waals surface area contributed by atoms with Gasteiger partial charge in [-0.3, -0.25) is 9.69 Å². The summed E-state index contributed by atoms with van der Waals surface area (Å²) in [7, 11) is 0. The normalized spacial score (nSPS) is 11.2. The molecule has 1 amide bonds. The first-order chi connectivity index (χ1) is 14.6. The van der Waals surface area contributed by atoms with Crippen molar-refractivity contribution in [3.05, 3.63) is 65.2 Å². The Bertz CT molecular complexity index is 1180. The van der Waals surface area contributed by atoms with Crippen molar-refractivity contribution in [2.75, 3.05) is 4.90 Å². The fourth-order valence-electron chi connectivity index (χ4n) is 3.51. The fourth-order valence-corrected chi connectivity index (χ4v) is 5.46. The topological polar surface area (TPSA) is 51.0 Å². The fraction of sp³-hybridized carbons (Fsp3) is 0.261. The molecule has 4 rings (SSSR count). The van der Waals surface area contributed by atoms with Crippen molar-refractivity contribution in [1.82, 2.24) is 14.5 Å². The van der Waals surface area contributed by atoms with Gasteiger partial charge in [-0.15, -0.1) is 11.3 Å². The highest BCUT2D eigenvalue weighted by Gasteiger charge is 2.20. The molecule has 154 valence electrons. The number of para-hydroxylation sites is 3. The van der Waals surface area contributed by atoms with Gasteiger partial charge in [0.25, 0.3) is 0 Å². The summed E-state index contributed by atoms with van der Waals surface area (Å²) in [6, 6.07) is 16.2. The van der Waals surface area contributed by atoms with Gasteiger partial charge in [-0.25, -0.2) is 9.97 Å². The van der Waals surface area contributed by atoms with Crippen molar-refractivity contribution in [3.63, 3.8) is 0 Å². The number of hydrogen-bond acceptors (Lipinski definition) is 5. The zero-order valence-electron chi connectivity index (χ0n) is 17.3. The number of carbonyl (C=O) groups excluding carboxylic acids is 1. The summed E-state index contributed by atoms with van der Waals surface area (Å²) < 4.78 is 2.23. The smallest absolute Gasteiger partial charge is 0.230 e. The molecule has 5 nitrogen and oxygen atoms in total. The Morgan fingerprint density at radius 2 is 1.87 bits per heavy atom. The molecule has 0 unspecified atom stereocenters. The van der Waals surface area contributed by atoms with Gasteiger partial charge in [0.2, 0.25) is 5.91 Å². The molecule has 0 aliphatic rings.